The Kier molecular flexibility index (Phi) is 7.82. The van der Waals surface area contributed by atoms with Gasteiger partial charge in [-0.3, -0.25) is 9.69 Å². The van der Waals surface area contributed by atoms with Crippen molar-refractivity contribution in [2.75, 3.05) is 26.3 Å². The van der Waals surface area contributed by atoms with E-state index in [0.717, 1.165) is 6.07 Å². The van der Waals surface area contributed by atoms with E-state index in [1.165, 1.54) is 34.9 Å². The number of carbonyl (C=O) groups excluding carboxylic acids is 1. The van der Waals surface area contributed by atoms with Gasteiger partial charge < -0.3 is 9.74 Å². The molecule has 0 radical (unpaired) electrons. The highest BCUT2D eigenvalue weighted by Crippen LogP contribution is 2.50. The molecule has 0 bridgehead atoms. The highest BCUT2D eigenvalue weighted by Gasteiger charge is 2.62. The molecule has 0 aliphatic carbocycles. The van der Waals surface area contributed by atoms with Crippen molar-refractivity contribution in [1.29, 1.82) is 0 Å². The molecule has 218 valence electrons. The summed E-state index contributed by atoms with van der Waals surface area (Å²) in [4.78, 5) is 20.6. The molecule has 0 N–H and O–H groups in total. The summed E-state index contributed by atoms with van der Waals surface area (Å²) in [6.45, 7) is 1.71. The number of oxime groups is 1. The molecule has 2 aromatic carbocycles. The Morgan fingerprint density at radius 1 is 1.02 bits per heavy atom. The Morgan fingerprint density at radius 2 is 1.73 bits per heavy atom. The van der Waals surface area contributed by atoms with Crippen LogP contribution in [0.5, 0.6) is 0 Å². The van der Waals surface area contributed by atoms with Crippen molar-refractivity contribution in [3.63, 3.8) is 0 Å². The van der Waals surface area contributed by atoms with Gasteiger partial charge in [0.1, 0.15) is 0 Å². The lowest BCUT2D eigenvalue weighted by molar-refractivity contribution is -0.276. The molecule has 40 heavy (non-hydrogen) atoms. The third-order valence-electron chi connectivity index (χ3n) is 6.72. The first-order valence-electron chi connectivity index (χ1n) is 11.8. The third kappa shape index (κ3) is 6.17. The summed E-state index contributed by atoms with van der Waals surface area (Å²) in [5.41, 5.74) is -5.01. The van der Waals surface area contributed by atoms with Crippen molar-refractivity contribution < 1.29 is 49.1 Å². The van der Waals surface area contributed by atoms with Crippen LogP contribution in [0, 0.1) is 6.92 Å². The average molecular weight is 602 g/mol. The predicted octanol–water partition coefficient (Wildman–Crippen LogP) is 6.92. The van der Waals surface area contributed by atoms with Crippen molar-refractivity contribution in [3.8, 4) is 0 Å². The second-order valence-electron chi connectivity index (χ2n) is 9.58. The Bertz CT molecular complexity index is 1320. The number of halogens is 10. The zero-order valence-electron chi connectivity index (χ0n) is 20.6. The molecule has 1 saturated heterocycles. The molecule has 1 fully saturated rings. The van der Waals surface area contributed by atoms with Gasteiger partial charge in [-0.15, -0.1) is 0 Å². The van der Waals surface area contributed by atoms with E-state index in [1.54, 1.807) is 0 Å². The average Bonchev–Trinajstić information content (AvgIpc) is 3.49. The quantitative estimate of drug-likeness (QED) is 0.350. The fourth-order valence-corrected chi connectivity index (χ4v) is 4.81. The fourth-order valence-electron chi connectivity index (χ4n) is 4.58. The molecule has 0 saturated carbocycles. The van der Waals surface area contributed by atoms with Gasteiger partial charge in [-0.2, -0.15) is 39.5 Å². The Morgan fingerprint density at radius 3 is 2.33 bits per heavy atom. The highest BCUT2D eigenvalue weighted by atomic mass is 35.5. The van der Waals surface area contributed by atoms with Crippen LogP contribution < -0.4 is 0 Å². The first-order valence-corrected chi connectivity index (χ1v) is 12.2. The van der Waals surface area contributed by atoms with Gasteiger partial charge in [-0.1, -0.05) is 22.8 Å². The molecule has 2 heterocycles. The van der Waals surface area contributed by atoms with Gasteiger partial charge in [0.25, 0.3) is 11.5 Å². The maximum Gasteiger partial charge on any atom is 0.435 e. The molecule has 15 heteroatoms. The molecule has 0 aromatic heterocycles. The van der Waals surface area contributed by atoms with Gasteiger partial charge in [0, 0.05) is 42.2 Å². The van der Waals surface area contributed by atoms with Crippen molar-refractivity contribution in [2.24, 2.45) is 5.16 Å². The minimum Gasteiger partial charge on any atom is -0.374 e. The molecule has 1 atom stereocenters. The van der Waals surface area contributed by atoms with E-state index in [0.29, 0.717) is 17.7 Å². The number of nitrogens with zero attached hydrogens (tertiary/aromatic N) is 3. The molecule has 1 unspecified atom stereocenters. The fraction of sp³-hybridized carbons (Fsp3) is 0.440. The van der Waals surface area contributed by atoms with Crippen molar-refractivity contribution in [1.82, 2.24) is 9.80 Å². The molecule has 2 aliphatic rings. The Balaban J connectivity index is 1.54. The minimum absolute atomic E-state index is 0.00962. The molecule has 1 amide bonds. The third-order valence-corrected chi connectivity index (χ3v) is 6.94. The normalized spacial score (nSPS) is 20.6. The largest absolute Gasteiger partial charge is 0.435 e. The maximum atomic E-state index is 14.3. The van der Waals surface area contributed by atoms with E-state index in [2.05, 4.69) is 5.16 Å². The minimum atomic E-state index is -5.18. The summed E-state index contributed by atoms with van der Waals surface area (Å²) >= 11 is 5.72. The topological polar surface area (TPSA) is 45.1 Å². The van der Waals surface area contributed by atoms with Crippen LogP contribution in [0.15, 0.2) is 41.6 Å². The lowest BCUT2D eigenvalue weighted by Gasteiger charge is -2.30. The smallest absolute Gasteiger partial charge is 0.374 e. The first kappa shape index (κ1) is 30.0. The SMILES string of the molecule is Cc1cc(C2=NOC(c3cc(Cl)cc(C(F)(F)F)c3)(C(F)(F)F)C2)ccc1C(=O)N1CCN(CCC(F)(F)F)C1. The summed E-state index contributed by atoms with van der Waals surface area (Å²) in [5, 5.41) is 2.98. The maximum absolute atomic E-state index is 14.3. The molecular formula is C25H21ClF9N3O2. The van der Waals surface area contributed by atoms with E-state index in [4.69, 9.17) is 16.4 Å². The summed E-state index contributed by atoms with van der Waals surface area (Å²) in [7, 11) is 0. The Hall–Kier alpha value is -3.00. The van der Waals surface area contributed by atoms with Crippen LogP contribution in [0.2, 0.25) is 5.02 Å². The van der Waals surface area contributed by atoms with Crippen LogP contribution in [0.25, 0.3) is 0 Å². The van der Waals surface area contributed by atoms with E-state index in [1.807, 2.05) is 0 Å². The van der Waals surface area contributed by atoms with Crippen LogP contribution in [0.3, 0.4) is 0 Å². The number of amides is 1. The van der Waals surface area contributed by atoms with Crippen LogP contribution in [0.1, 0.15) is 45.5 Å². The molecule has 0 spiro atoms. The monoisotopic (exact) mass is 601 g/mol. The van der Waals surface area contributed by atoms with Gasteiger partial charge in [0.05, 0.1) is 24.4 Å². The number of benzene rings is 2. The second-order valence-corrected chi connectivity index (χ2v) is 10.0. The van der Waals surface area contributed by atoms with Crippen LogP contribution in [-0.2, 0) is 16.6 Å². The van der Waals surface area contributed by atoms with E-state index >= 15 is 0 Å². The second kappa shape index (κ2) is 10.4. The van der Waals surface area contributed by atoms with Crippen molar-refractivity contribution >= 4 is 23.2 Å². The molecular weight excluding hydrogens is 581 g/mol. The summed E-state index contributed by atoms with van der Waals surface area (Å²) in [6.07, 6.45) is -16.4. The van der Waals surface area contributed by atoms with Crippen molar-refractivity contribution in [3.05, 3.63) is 69.2 Å². The Labute approximate surface area is 227 Å². The number of carbonyl (C=O) groups is 1. The zero-order chi connectivity index (χ0) is 29.7. The van der Waals surface area contributed by atoms with E-state index in [-0.39, 0.29) is 43.1 Å². The summed E-state index contributed by atoms with van der Waals surface area (Å²) in [5.74, 6) is -0.466. The lowest BCUT2D eigenvalue weighted by atomic mass is 9.85. The van der Waals surface area contributed by atoms with Gasteiger partial charge in [-0.05, 0) is 48.4 Å². The number of alkyl halides is 9. The van der Waals surface area contributed by atoms with Gasteiger partial charge in [-0.25, -0.2) is 0 Å². The zero-order valence-corrected chi connectivity index (χ0v) is 21.4. The van der Waals surface area contributed by atoms with E-state index < -0.39 is 59.0 Å². The summed E-state index contributed by atoms with van der Waals surface area (Å²) in [6, 6.07) is 5.62. The van der Waals surface area contributed by atoms with Crippen LogP contribution in [-0.4, -0.2) is 60.1 Å². The standard InChI is InChI=1S/C25H21ClF9N3O2/c1-14-8-15(2-3-19(14)21(39)38-7-6-37(13-38)5-4-23(27,28)29)20-12-22(40-36-20,25(33,34)35)16-9-17(24(30,31)32)11-18(26)10-16/h2-3,8-11H,4-7,12-13H2,1H3. The van der Waals surface area contributed by atoms with Crippen molar-refractivity contribution in [2.45, 2.75) is 43.9 Å². The lowest BCUT2D eigenvalue weighted by Crippen LogP contribution is -2.43. The van der Waals surface area contributed by atoms with Gasteiger partial charge in [0.2, 0.25) is 0 Å². The molecule has 2 aliphatic heterocycles. The van der Waals surface area contributed by atoms with Gasteiger partial charge in [0.15, 0.2) is 0 Å². The van der Waals surface area contributed by atoms with E-state index in [9.17, 15) is 44.3 Å². The molecule has 5 nitrogen and oxygen atoms in total. The molecule has 4 rings (SSSR count). The van der Waals surface area contributed by atoms with Gasteiger partial charge >= 0.3 is 18.5 Å². The number of rotatable bonds is 5. The predicted molar refractivity (Wildman–Crippen MR) is 126 cm³/mol. The first-order chi connectivity index (χ1) is 18.4. The number of hydrogen-bond acceptors (Lipinski definition) is 4. The van der Waals surface area contributed by atoms with Crippen LogP contribution >= 0.6 is 11.6 Å². The number of aryl methyl sites for hydroxylation is 1. The number of hydrogen-bond donors (Lipinski definition) is 0. The molecule has 2 aromatic rings. The highest BCUT2D eigenvalue weighted by molar-refractivity contribution is 6.30. The van der Waals surface area contributed by atoms with Crippen LogP contribution in [0.4, 0.5) is 39.5 Å². The summed E-state index contributed by atoms with van der Waals surface area (Å²) < 4.78 is 120.